The van der Waals surface area contributed by atoms with Gasteiger partial charge in [0.1, 0.15) is 22.7 Å². The number of aromatic nitrogens is 5. The van der Waals surface area contributed by atoms with Crippen LogP contribution in [0.1, 0.15) is 49.5 Å². The Morgan fingerprint density at radius 2 is 1.81 bits per heavy atom. The minimum atomic E-state index is -0.150. The Labute approximate surface area is 162 Å². The lowest BCUT2D eigenvalue weighted by molar-refractivity contribution is 0.729. The summed E-state index contributed by atoms with van der Waals surface area (Å²) in [4.78, 5) is 12.6. The Kier molecular flexibility index (Phi) is 6.16. The molecule has 1 aliphatic heterocycles. The number of fused-ring (bicyclic) bond motifs is 2. The number of alkyl halides is 1. The van der Waals surface area contributed by atoms with Crippen molar-refractivity contribution in [2.24, 2.45) is 0 Å². The van der Waals surface area contributed by atoms with Crippen LogP contribution in [0, 0.1) is 0 Å². The highest BCUT2D eigenvalue weighted by atomic mass is 35.5. The second kappa shape index (κ2) is 8.56. The van der Waals surface area contributed by atoms with E-state index in [1.165, 1.54) is 0 Å². The molecule has 0 aromatic carbocycles. The number of nitrogens with one attached hydrogen (secondary N) is 1. The minimum absolute atomic E-state index is 0.150. The monoisotopic (exact) mass is 392 g/mol. The van der Waals surface area contributed by atoms with Gasteiger partial charge in [-0.05, 0) is 12.8 Å². The number of aryl methyl sites for hydroxylation is 2. The van der Waals surface area contributed by atoms with E-state index in [2.05, 4.69) is 38.7 Å². The van der Waals surface area contributed by atoms with E-state index in [1.54, 1.807) is 12.4 Å². The van der Waals surface area contributed by atoms with Crippen LogP contribution in [0.15, 0.2) is 31.0 Å². The molecule has 4 heterocycles. The summed E-state index contributed by atoms with van der Waals surface area (Å²) in [5.74, 6) is 2.13. The number of halogens is 2. The number of imidazole rings is 2. The van der Waals surface area contributed by atoms with E-state index in [0.717, 1.165) is 48.5 Å². The van der Waals surface area contributed by atoms with Crippen LogP contribution < -0.4 is 5.32 Å². The number of rotatable bonds is 4. The van der Waals surface area contributed by atoms with Gasteiger partial charge < -0.3 is 9.88 Å². The van der Waals surface area contributed by atoms with Gasteiger partial charge in [-0.25, -0.2) is 15.0 Å². The van der Waals surface area contributed by atoms with Crippen molar-refractivity contribution in [3.05, 3.63) is 53.5 Å². The van der Waals surface area contributed by atoms with Gasteiger partial charge in [-0.3, -0.25) is 4.40 Å². The van der Waals surface area contributed by atoms with E-state index in [0.29, 0.717) is 5.15 Å². The Morgan fingerprint density at radius 3 is 2.58 bits per heavy atom. The first-order valence-electron chi connectivity index (χ1n) is 8.74. The molecule has 0 saturated carbocycles. The Balaban J connectivity index is 0.000000151. The van der Waals surface area contributed by atoms with Crippen molar-refractivity contribution < 1.29 is 0 Å². The van der Waals surface area contributed by atoms with Crippen LogP contribution in [0.2, 0.25) is 5.15 Å². The van der Waals surface area contributed by atoms with Crippen molar-refractivity contribution >= 4 is 34.9 Å². The van der Waals surface area contributed by atoms with E-state index in [4.69, 9.17) is 23.2 Å². The fraction of sp³-hybridized carbons (Fsp3) is 0.389. The molecule has 3 aromatic rings. The normalized spacial score (nSPS) is 15.3. The first kappa shape index (κ1) is 18.7. The average Bonchev–Trinajstić information content (AvgIpc) is 3.23. The molecule has 1 N–H and O–H groups in total. The molecule has 1 atom stereocenters. The molecule has 1 aliphatic rings. The summed E-state index contributed by atoms with van der Waals surface area (Å²) < 4.78 is 4.04. The van der Waals surface area contributed by atoms with Crippen LogP contribution in [-0.4, -0.2) is 23.9 Å². The van der Waals surface area contributed by atoms with Crippen LogP contribution in [-0.2, 0) is 12.8 Å². The van der Waals surface area contributed by atoms with E-state index < -0.39 is 0 Å². The predicted molar refractivity (Wildman–Crippen MR) is 105 cm³/mol. The molecule has 0 saturated heterocycles. The minimum Gasteiger partial charge on any atom is -0.369 e. The van der Waals surface area contributed by atoms with Crippen LogP contribution in [0.5, 0.6) is 0 Å². The highest BCUT2D eigenvalue weighted by molar-refractivity contribution is 6.32. The number of nitrogens with zero attached hydrogens (tertiary/aromatic N) is 5. The van der Waals surface area contributed by atoms with Crippen molar-refractivity contribution in [1.82, 2.24) is 29.2 Å². The van der Waals surface area contributed by atoms with Crippen LogP contribution in [0.25, 0.3) is 11.7 Å². The molecule has 8 heteroatoms. The second-order valence-electron chi connectivity index (χ2n) is 5.96. The number of hydrogen-bond acceptors (Lipinski definition) is 4. The molecular weight excluding hydrogens is 371 g/mol. The van der Waals surface area contributed by atoms with Crippen molar-refractivity contribution in [2.75, 3.05) is 0 Å². The van der Waals surface area contributed by atoms with Crippen LogP contribution in [0.3, 0.4) is 0 Å². The summed E-state index contributed by atoms with van der Waals surface area (Å²) >= 11 is 11.9. The zero-order valence-corrected chi connectivity index (χ0v) is 16.4. The van der Waals surface area contributed by atoms with Crippen molar-refractivity contribution in [3.63, 3.8) is 0 Å². The maximum absolute atomic E-state index is 6.04. The third kappa shape index (κ3) is 3.86. The summed E-state index contributed by atoms with van der Waals surface area (Å²) in [5, 5.41) is 3.53. The average molecular weight is 393 g/mol. The van der Waals surface area contributed by atoms with Gasteiger partial charge in [-0.2, -0.15) is 0 Å². The molecule has 6 nitrogen and oxygen atoms in total. The summed E-state index contributed by atoms with van der Waals surface area (Å²) in [6, 6.07) is 0. The van der Waals surface area contributed by atoms with Gasteiger partial charge in [0, 0.05) is 37.6 Å². The van der Waals surface area contributed by atoms with Crippen molar-refractivity contribution in [3.8, 4) is 0 Å². The molecule has 4 rings (SSSR count). The van der Waals surface area contributed by atoms with E-state index in [-0.39, 0.29) is 5.50 Å². The van der Waals surface area contributed by atoms with Gasteiger partial charge in [-0.15, -0.1) is 0 Å². The summed E-state index contributed by atoms with van der Waals surface area (Å²) in [6.45, 7) is 4.27. The van der Waals surface area contributed by atoms with E-state index in [9.17, 15) is 0 Å². The lowest BCUT2D eigenvalue weighted by Crippen LogP contribution is -2.17. The molecule has 0 radical (unpaired) electrons. The van der Waals surface area contributed by atoms with Crippen LogP contribution in [0.4, 0.5) is 0 Å². The topological polar surface area (TPSA) is 60.0 Å². The largest absolute Gasteiger partial charge is 0.369 e. The molecule has 0 spiro atoms. The Bertz CT molecular complexity index is 898. The standard InChI is InChI=1S/C9H12ClN3.C9H10ClN3/c2*1-2-3-8-12-6-7-9(10)11-4-5-13(7)8/h4-6,9,11H,2-3H2,1H3;4-6H,2-3H2,1H3. The molecule has 0 aliphatic carbocycles. The van der Waals surface area contributed by atoms with Gasteiger partial charge in [0.05, 0.1) is 18.1 Å². The third-order valence-corrected chi connectivity index (χ3v) is 4.70. The summed E-state index contributed by atoms with van der Waals surface area (Å²) in [5.41, 5.74) is 1.75. The highest BCUT2D eigenvalue weighted by Crippen LogP contribution is 2.22. The molecule has 0 fully saturated rings. The molecule has 0 bridgehead atoms. The molecular formula is C18H22Cl2N6. The van der Waals surface area contributed by atoms with Crippen LogP contribution >= 0.6 is 23.2 Å². The highest BCUT2D eigenvalue weighted by Gasteiger charge is 2.16. The SMILES string of the molecule is CCCc1ncc2c(Cl)nccn12.CCCc1ncc2n1C=CNC2Cl. The number of hydrogen-bond donors (Lipinski definition) is 1. The molecule has 3 aromatic heterocycles. The predicted octanol–water partition coefficient (Wildman–Crippen LogP) is 4.44. The molecule has 26 heavy (non-hydrogen) atoms. The maximum atomic E-state index is 6.04. The van der Waals surface area contributed by atoms with Gasteiger partial charge >= 0.3 is 0 Å². The molecule has 138 valence electrons. The molecule has 0 amide bonds. The van der Waals surface area contributed by atoms with Gasteiger partial charge in [-0.1, -0.05) is 37.0 Å². The smallest absolute Gasteiger partial charge is 0.154 e. The van der Waals surface area contributed by atoms with Gasteiger partial charge in [0.25, 0.3) is 0 Å². The van der Waals surface area contributed by atoms with E-state index >= 15 is 0 Å². The lowest BCUT2D eigenvalue weighted by Gasteiger charge is -2.16. The summed E-state index contributed by atoms with van der Waals surface area (Å²) in [6.07, 6.45) is 15.1. The van der Waals surface area contributed by atoms with Crippen molar-refractivity contribution in [1.29, 1.82) is 0 Å². The Morgan fingerprint density at radius 1 is 1.08 bits per heavy atom. The van der Waals surface area contributed by atoms with E-state index in [1.807, 2.05) is 29.2 Å². The molecule has 1 unspecified atom stereocenters. The fourth-order valence-corrected chi connectivity index (χ4v) is 3.26. The quantitative estimate of drug-likeness (QED) is 0.526. The van der Waals surface area contributed by atoms with Gasteiger partial charge in [0.2, 0.25) is 0 Å². The summed E-state index contributed by atoms with van der Waals surface area (Å²) in [7, 11) is 0. The zero-order valence-electron chi connectivity index (χ0n) is 14.9. The maximum Gasteiger partial charge on any atom is 0.154 e. The second-order valence-corrected chi connectivity index (χ2v) is 6.76. The van der Waals surface area contributed by atoms with Gasteiger partial charge in [0.15, 0.2) is 5.15 Å². The fourth-order valence-electron chi connectivity index (χ4n) is 2.83. The Hall–Kier alpha value is -2.05. The van der Waals surface area contributed by atoms with Crippen molar-refractivity contribution in [2.45, 2.75) is 45.0 Å². The lowest BCUT2D eigenvalue weighted by atomic mass is 10.3. The zero-order chi connectivity index (χ0) is 18.5. The first-order valence-corrected chi connectivity index (χ1v) is 9.56. The first-order chi connectivity index (χ1) is 12.7. The third-order valence-electron chi connectivity index (χ3n) is 4.06.